The Kier molecular flexibility index (Phi) is 5.46. The number of phenolic OH excluding ortho intramolecular Hbond substituents is 1. The van der Waals surface area contributed by atoms with Crippen LogP contribution >= 0.6 is 11.8 Å². The lowest BCUT2D eigenvalue weighted by Gasteiger charge is -2.17. The van der Waals surface area contributed by atoms with Gasteiger partial charge in [-0.1, -0.05) is 19.3 Å². The number of methoxy groups -OCH3 is 1. The fraction of sp³-hybridized carbons (Fsp3) is 0.412. The van der Waals surface area contributed by atoms with E-state index in [2.05, 4.69) is 10.3 Å². The number of benzene rings is 1. The summed E-state index contributed by atoms with van der Waals surface area (Å²) in [7, 11) is 1.31. The van der Waals surface area contributed by atoms with E-state index < -0.39 is 16.4 Å². The van der Waals surface area contributed by atoms with Gasteiger partial charge in [0.25, 0.3) is 5.91 Å². The van der Waals surface area contributed by atoms with Crippen molar-refractivity contribution < 1.29 is 19.6 Å². The normalized spacial score (nSPS) is 21.2. The van der Waals surface area contributed by atoms with Crippen LogP contribution in [0.4, 0.5) is 5.69 Å². The van der Waals surface area contributed by atoms with Gasteiger partial charge in [-0.25, -0.2) is 0 Å². The number of amides is 1. The summed E-state index contributed by atoms with van der Waals surface area (Å²) >= 11 is 1.22. The molecule has 1 aliphatic carbocycles. The van der Waals surface area contributed by atoms with Crippen molar-refractivity contribution in [3.05, 3.63) is 32.7 Å². The van der Waals surface area contributed by atoms with Gasteiger partial charge < -0.3 is 15.2 Å². The summed E-state index contributed by atoms with van der Waals surface area (Å²) in [6, 6.07) is 2.88. The Morgan fingerprint density at radius 2 is 2.12 bits per heavy atom. The van der Waals surface area contributed by atoms with E-state index in [4.69, 9.17) is 4.74 Å². The summed E-state index contributed by atoms with van der Waals surface area (Å²) < 4.78 is 4.97. The molecule has 9 heteroatoms. The second kappa shape index (κ2) is 7.77. The number of ether oxygens (including phenoxy) is 1. The number of nitro groups is 1. The molecule has 1 amide bonds. The Bertz CT molecular complexity index is 800. The summed E-state index contributed by atoms with van der Waals surface area (Å²) in [5, 5.41) is 24.2. The van der Waals surface area contributed by atoms with Gasteiger partial charge in [0.15, 0.2) is 10.9 Å². The number of carbonyl (C=O) groups is 1. The van der Waals surface area contributed by atoms with Crippen molar-refractivity contribution in [2.24, 2.45) is 4.99 Å². The molecule has 0 atom stereocenters. The van der Waals surface area contributed by atoms with Gasteiger partial charge in [0, 0.05) is 6.07 Å². The van der Waals surface area contributed by atoms with Crippen molar-refractivity contribution in [2.45, 2.75) is 38.1 Å². The highest BCUT2D eigenvalue weighted by atomic mass is 32.2. The van der Waals surface area contributed by atoms with Crippen LogP contribution in [0.15, 0.2) is 22.0 Å². The van der Waals surface area contributed by atoms with E-state index in [1.807, 2.05) is 0 Å². The largest absolute Gasteiger partial charge is 0.500 e. The third-order valence-corrected chi connectivity index (χ3v) is 5.24. The lowest BCUT2D eigenvalue weighted by atomic mass is 9.96. The molecular formula is C17H19N3O5S. The predicted molar refractivity (Wildman–Crippen MR) is 99.3 cm³/mol. The van der Waals surface area contributed by atoms with E-state index in [0.29, 0.717) is 15.6 Å². The van der Waals surface area contributed by atoms with Crippen molar-refractivity contribution in [1.82, 2.24) is 5.32 Å². The van der Waals surface area contributed by atoms with Crippen LogP contribution < -0.4 is 10.1 Å². The number of aromatic hydroxyl groups is 1. The van der Waals surface area contributed by atoms with Crippen LogP contribution in [0.25, 0.3) is 6.08 Å². The highest BCUT2D eigenvalue weighted by Gasteiger charge is 2.26. The fourth-order valence-electron chi connectivity index (χ4n) is 3.01. The quantitative estimate of drug-likeness (QED) is 0.473. The van der Waals surface area contributed by atoms with Crippen LogP contribution in [0, 0.1) is 10.1 Å². The molecule has 1 heterocycles. The molecule has 1 aliphatic heterocycles. The summed E-state index contributed by atoms with van der Waals surface area (Å²) in [5.74, 6) is -0.854. The smallest absolute Gasteiger partial charge is 0.315 e. The second-order valence-corrected chi connectivity index (χ2v) is 7.17. The SMILES string of the molecule is COc1cc(/C=C2/SC(=NC3CCCCC3)NC2=O)cc([N+](=O)[O-])c1O. The number of phenols is 1. The molecule has 2 fully saturated rings. The zero-order valence-electron chi connectivity index (χ0n) is 14.2. The number of nitrogens with zero attached hydrogens (tertiary/aromatic N) is 2. The van der Waals surface area contributed by atoms with E-state index in [0.717, 1.165) is 25.7 Å². The number of nitro benzene ring substituents is 1. The van der Waals surface area contributed by atoms with Crippen molar-refractivity contribution >= 4 is 34.6 Å². The van der Waals surface area contributed by atoms with Crippen molar-refractivity contribution in [2.75, 3.05) is 7.11 Å². The molecule has 2 aliphatic rings. The molecule has 3 rings (SSSR count). The third kappa shape index (κ3) is 3.98. The first-order valence-electron chi connectivity index (χ1n) is 8.32. The molecule has 1 aromatic rings. The van der Waals surface area contributed by atoms with Crippen LogP contribution in [0.2, 0.25) is 0 Å². The van der Waals surface area contributed by atoms with Gasteiger partial charge in [0.2, 0.25) is 5.75 Å². The van der Waals surface area contributed by atoms with Gasteiger partial charge in [0.05, 0.1) is 23.0 Å². The molecule has 1 aromatic carbocycles. The maximum absolute atomic E-state index is 12.2. The molecule has 0 bridgehead atoms. The maximum Gasteiger partial charge on any atom is 0.315 e. The lowest BCUT2D eigenvalue weighted by molar-refractivity contribution is -0.386. The number of hydrogen-bond donors (Lipinski definition) is 2. The fourth-order valence-corrected chi connectivity index (χ4v) is 3.90. The Hall–Kier alpha value is -2.55. The zero-order chi connectivity index (χ0) is 18.7. The highest BCUT2D eigenvalue weighted by Crippen LogP contribution is 2.38. The predicted octanol–water partition coefficient (Wildman–Crippen LogP) is 3.20. The molecule has 0 unspecified atom stereocenters. The molecule has 138 valence electrons. The molecule has 26 heavy (non-hydrogen) atoms. The molecule has 0 spiro atoms. The maximum atomic E-state index is 12.2. The highest BCUT2D eigenvalue weighted by molar-refractivity contribution is 8.18. The summed E-state index contributed by atoms with van der Waals surface area (Å²) in [4.78, 5) is 27.6. The summed E-state index contributed by atoms with van der Waals surface area (Å²) in [6.07, 6.45) is 7.12. The Morgan fingerprint density at radius 1 is 1.38 bits per heavy atom. The van der Waals surface area contributed by atoms with E-state index in [1.165, 1.54) is 43.5 Å². The van der Waals surface area contributed by atoms with Crippen molar-refractivity contribution in [3.63, 3.8) is 0 Å². The van der Waals surface area contributed by atoms with Gasteiger partial charge in [-0.05, 0) is 42.3 Å². The number of amidine groups is 1. The second-order valence-electron chi connectivity index (χ2n) is 6.14. The Morgan fingerprint density at radius 3 is 2.77 bits per heavy atom. The van der Waals surface area contributed by atoms with Crippen LogP contribution in [-0.4, -0.2) is 34.3 Å². The molecule has 0 aromatic heterocycles. The number of nitrogens with one attached hydrogen (secondary N) is 1. The molecule has 1 saturated heterocycles. The standard InChI is InChI=1S/C17H19N3O5S/c1-25-13-8-10(7-12(15(13)21)20(23)24)9-14-16(22)19-17(26-14)18-11-5-3-2-4-6-11/h7-9,11,21H,2-6H2,1H3,(H,18,19,22)/b14-9+. The first kappa shape index (κ1) is 18.2. The van der Waals surface area contributed by atoms with E-state index in [1.54, 1.807) is 0 Å². The lowest BCUT2D eigenvalue weighted by Crippen LogP contribution is -2.22. The van der Waals surface area contributed by atoms with Crippen molar-refractivity contribution in [3.8, 4) is 11.5 Å². The summed E-state index contributed by atoms with van der Waals surface area (Å²) in [6.45, 7) is 0. The van der Waals surface area contributed by atoms with Gasteiger partial charge in [0.1, 0.15) is 0 Å². The first-order valence-corrected chi connectivity index (χ1v) is 9.13. The Labute approximate surface area is 154 Å². The zero-order valence-corrected chi connectivity index (χ0v) is 15.0. The topological polar surface area (TPSA) is 114 Å². The molecule has 1 saturated carbocycles. The van der Waals surface area contributed by atoms with E-state index >= 15 is 0 Å². The average molecular weight is 377 g/mol. The minimum absolute atomic E-state index is 0.0226. The number of thioether (sulfide) groups is 1. The number of carbonyl (C=O) groups excluding carboxylic acids is 1. The number of aliphatic imine (C=N–C) groups is 1. The van der Waals surface area contributed by atoms with Crippen LogP contribution in [-0.2, 0) is 4.79 Å². The van der Waals surface area contributed by atoms with Gasteiger partial charge in [-0.3, -0.25) is 19.9 Å². The van der Waals surface area contributed by atoms with E-state index in [9.17, 15) is 20.0 Å². The third-order valence-electron chi connectivity index (χ3n) is 4.32. The monoisotopic (exact) mass is 377 g/mol. The number of hydrogen-bond acceptors (Lipinski definition) is 7. The molecule has 2 N–H and O–H groups in total. The van der Waals surface area contributed by atoms with Crippen LogP contribution in [0.1, 0.15) is 37.7 Å². The van der Waals surface area contributed by atoms with Gasteiger partial charge in [-0.2, -0.15) is 0 Å². The average Bonchev–Trinajstić information content (AvgIpc) is 2.96. The van der Waals surface area contributed by atoms with Crippen LogP contribution in [0.3, 0.4) is 0 Å². The molecule has 8 nitrogen and oxygen atoms in total. The number of rotatable bonds is 4. The van der Waals surface area contributed by atoms with Crippen molar-refractivity contribution in [1.29, 1.82) is 0 Å². The first-order chi connectivity index (χ1) is 12.5. The molecule has 0 radical (unpaired) electrons. The Balaban J connectivity index is 1.85. The minimum atomic E-state index is -0.697. The molecular weight excluding hydrogens is 358 g/mol. The van der Waals surface area contributed by atoms with Gasteiger partial charge >= 0.3 is 5.69 Å². The minimum Gasteiger partial charge on any atom is -0.500 e. The summed E-state index contributed by atoms with van der Waals surface area (Å²) in [5.41, 5.74) is -0.0846. The van der Waals surface area contributed by atoms with Crippen LogP contribution in [0.5, 0.6) is 11.5 Å². The van der Waals surface area contributed by atoms with Gasteiger partial charge in [-0.15, -0.1) is 0 Å². The van der Waals surface area contributed by atoms with E-state index in [-0.39, 0.29) is 17.7 Å².